The number of anilines is 1. The largest absolute Gasteiger partial charge is 0.417 e. The summed E-state index contributed by atoms with van der Waals surface area (Å²) in [5.74, 6) is 1.11. The van der Waals surface area contributed by atoms with Crippen molar-refractivity contribution < 1.29 is 13.2 Å². The monoisotopic (exact) mass is 270 g/mol. The first-order valence-corrected chi connectivity index (χ1v) is 6.18. The SMILES string of the molecule is CSCCNc1ncc(C(F)(F)F)cc1Cl. The second kappa shape index (κ2) is 5.63. The number of hydrogen-bond donors (Lipinski definition) is 1. The third kappa shape index (κ3) is 3.75. The van der Waals surface area contributed by atoms with Gasteiger partial charge in [0.2, 0.25) is 0 Å². The van der Waals surface area contributed by atoms with E-state index in [4.69, 9.17) is 11.6 Å². The maximum Gasteiger partial charge on any atom is 0.417 e. The van der Waals surface area contributed by atoms with Crippen molar-refractivity contribution in [1.29, 1.82) is 0 Å². The van der Waals surface area contributed by atoms with Gasteiger partial charge in [0, 0.05) is 18.5 Å². The summed E-state index contributed by atoms with van der Waals surface area (Å²) in [4.78, 5) is 3.64. The molecule has 2 nitrogen and oxygen atoms in total. The molecule has 0 radical (unpaired) electrons. The Morgan fingerprint density at radius 3 is 2.69 bits per heavy atom. The summed E-state index contributed by atoms with van der Waals surface area (Å²) >= 11 is 7.30. The molecule has 90 valence electrons. The first-order chi connectivity index (χ1) is 7.45. The summed E-state index contributed by atoms with van der Waals surface area (Å²) in [5.41, 5.74) is -0.840. The lowest BCUT2D eigenvalue weighted by atomic mass is 10.3. The molecule has 0 aliphatic heterocycles. The molecule has 1 heterocycles. The third-order valence-electron chi connectivity index (χ3n) is 1.77. The highest BCUT2D eigenvalue weighted by molar-refractivity contribution is 7.98. The molecule has 0 unspecified atom stereocenters. The summed E-state index contributed by atoms with van der Waals surface area (Å²) in [6, 6.07) is 0.871. The molecule has 0 amide bonds. The molecule has 7 heteroatoms. The van der Waals surface area contributed by atoms with Gasteiger partial charge in [0.15, 0.2) is 0 Å². The Kier molecular flexibility index (Phi) is 4.73. The zero-order valence-corrected chi connectivity index (χ0v) is 10.0. The van der Waals surface area contributed by atoms with Crippen LogP contribution in [-0.2, 0) is 6.18 Å². The Balaban J connectivity index is 2.76. The first-order valence-electron chi connectivity index (χ1n) is 4.40. The van der Waals surface area contributed by atoms with Crippen molar-refractivity contribution in [2.75, 3.05) is 23.9 Å². The van der Waals surface area contributed by atoms with Crippen LogP contribution in [0.15, 0.2) is 12.3 Å². The quantitative estimate of drug-likeness (QED) is 0.848. The Bertz CT molecular complexity index is 357. The van der Waals surface area contributed by atoms with Crippen molar-refractivity contribution in [3.8, 4) is 0 Å². The lowest BCUT2D eigenvalue weighted by molar-refractivity contribution is -0.137. The van der Waals surface area contributed by atoms with Gasteiger partial charge < -0.3 is 5.32 Å². The predicted octanol–water partition coefficient (Wildman–Crippen LogP) is 3.53. The Morgan fingerprint density at radius 2 is 2.19 bits per heavy atom. The summed E-state index contributed by atoms with van der Waals surface area (Å²) < 4.78 is 36.9. The molecule has 0 bridgehead atoms. The van der Waals surface area contributed by atoms with Crippen LogP contribution in [0.25, 0.3) is 0 Å². The van der Waals surface area contributed by atoms with Gasteiger partial charge in [0.25, 0.3) is 0 Å². The number of thioether (sulfide) groups is 1. The number of aromatic nitrogens is 1. The van der Waals surface area contributed by atoms with Gasteiger partial charge in [-0.05, 0) is 12.3 Å². The standard InChI is InChI=1S/C9H10ClF3N2S/c1-16-3-2-14-8-7(10)4-6(5-15-8)9(11,12)13/h4-5H,2-3H2,1H3,(H,14,15). The van der Waals surface area contributed by atoms with Crippen LogP contribution in [0.2, 0.25) is 5.02 Å². The van der Waals surface area contributed by atoms with Gasteiger partial charge >= 0.3 is 6.18 Å². The topological polar surface area (TPSA) is 24.9 Å². The van der Waals surface area contributed by atoms with E-state index in [-0.39, 0.29) is 10.8 Å². The predicted molar refractivity (Wildman–Crippen MR) is 61.1 cm³/mol. The number of pyridine rings is 1. The highest BCUT2D eigenvalue weighted by atomic mass is 35.5. The van der Waals surface area contributed by atoms with Crippen molar-refractivity contribution in [2.24, 2.45) is 0 Å². The molecule has 0 atom stereocenters. The van der Waals surface area contributed by atoms with E-state index >= 15 is 0 Å². The van der Waals surface area contributed by atoms with Gasteiger partial charge in [-0.1, -0.05) is 11.6 Å². The van der Waals surface area contributed by atoms with Crippen LogP contribution in [0, 0.1) is 0 Å². The third-order valence-corrected chi connectivity index (χ3v) is 2.67. The first kappa shape index (κ1) is 13.4. The molecule has 0 saturated carbocycles. The van der Waals surface area contributed by atoms with Crippen molar-refractivity contribution in [3.63, 3.8) is 0 Å². The van der Waals surface area contributed by atoms with E-state index in [1.807, 2.05) is 6.26 Å². The van der Waals surface area contributed by atoms with Gasteiger partial charge in [-0.15, -0.1) is 0 Å². The Labute approximate surface area is 101 Å². The molecule has 0 aliphatic rings. The van der Waals surface area contributed by atoms with Crippen LogP contribution in [0.4, 0.5) is 19.0 Å². The maximum atomic E-state index is 12.3. The van der Waals surface area contributed by atoms with E-state index in [1.165, 1.54) is 0 Å². The smallest absolute Gasteiger partial charge is 0.368 e. The van der Waals surface area contributed by atoms with Gasteiger partial charge in [-0.2, -0.15) is 24.9 Å². The molecule has 1 aromatic heterocycles. The highest BCUT2D eigenvalue weighted by Crippen LogP contribution is 2.32. The van der Waals surface area contributed by atoms with E-state index in [0.29, 0.717) is 6.54 Å². The molecule has 1 rings (SSSR count). The maximum absolute atomic E-state index is 12.3. The van der Waals surface area contributed by atoms with E-state index in [9.17, 15) is 13.2 Å². The minimum Gasteiger partial charge on any atom is -0.368 e. The summed E-state index contributed by atoms with van der Waals surface area (Å²) in [5, 5.41) is 2.84. The van der Waals surface area contributed by atoms with Gasteiger partial charge in [0.1, 0.15) is 5.82 Å². The molecule has 0 fully saturated rings. The van der Waals surface area contributed by atoms with E-state index in [2.05, 4.69) is 10.3 Å². The molecule has 0 aliphatic carbocycles. The zero-order valence-electron chi connectivity index (χ0n) is 8.44. The second-order valence-electron chi connectivity index (χ2n) is 2.97. The van der Waals surface area contributed by atoms with Crippen molar-refractivity contribution >= 4 is 29.2 Å². The minimum atomic E-state index is -4.41. The Morgan fingerprint density at radius 1 is 1.50 bits per heavy atom. The second-order valence-corrected chi connectivity index (χ2v) is 4.36. The van der Waals surface area contributed by atoms with Crippen molar-refractivity contribution in [2.45, 2.75) is 6.18 Å². The van der Waals surface area contributed by atoms with Crippen LogP contribution < -0.4 is 5.32 Å². The molecule has 0 spiro atoms. The van der Waals surface area contributed by atoms with Crippen molar-refractivity contribution in [1.82, 2.24) is 4.98 Å². The molecule has 1 N–H and O–H groups in total. The average Bonchev–Trinajstić information content (AvgIpc) is 2.19. The summed E-state index contributed by atoms with van der Waals surface area (Å²) in [7, 11) is 0. The summed E-state index contributed by atoms with van der Waals surface area (Å²) in [6.45, 7) is 0.610. The fourth-order valence-corrected chi connectivity index (χ4v) is 1.53. The number of nitrogens with zero attached hydrogens (tertiary/aromatic N) is 1. The molecular weight excluding hydrogens is 261 g/mol. The average molecular weight is 271 g/mol. The summed E-state index contributed by atoms with van der Waals surface area (Å²) in [6.07, 6.45) is -1.70. The molecular formula is C9H10ClF3N2S. The zero-order chi connectivity index (χ0) is 12.2. The van der Waals surface area contributed by atoms with E-state index in [1.54, 1.807) is 11.8 Å². The number of nitrogens with one attached hydrogen (secondary N) is 1. The lowest BCUT2D eigenvalue weighted by Crippen LogP contribution is -2.09. The highest BCUT2D eigenvalue weighted by Gasteiger charge is 2.31. The normalized spacial score (nSPS) is 11.6. The fraction of sp³-hybridized carbons (Fsp3) is 0.444. The van der Waals surface area contributed by atoms with Crippen LogP contribution >= 0.6 is 23.4 Å². The molecule has 0 aromatic carbocycles. The molecule has 16 heavy (non-hydrogen) atoms. The number of alkyl halides is 3. The van der Waals surface area contributed by atoms with E-state index < -0.39 is 11.7 Å². The van der Waals surface area contributed by atoms with Gasteiger partial charge in [-0.25, -0.2) is 4.98 Å². The van der Waals surface area contributed by atoms with E-state index in [0.717, 1.165) is 18.0 Å². The molecule has 1 aromatic rings. The number of halogens is 4. The molecule has 0 saturated heterocycles. The number of rotatable bonds is 4. The lowest BCUT2D eigenvalue weighted by Gasteiger charge is -2.10. The van der Waals surface area contributed by atoms with Gasteiger partial charge in [0.05, 0.1) is 10.6 Å². The van der Waals surface area contributed by atoms with Crippen LogP contribution in [0.5, 0.6) is 0 Å². The fourth-order valence-electron chi connectivity index (χ4n) is 0.995. The Hall–Kier alpha value is -0.620. The van der Waals surface area contributed by atoms with Crippen LogP contribution in [-0.4, -0.2) is 23.5 Å². The van der Waals surface area contributed by atoms with Crippen LogP contribution in [0.3, 0.4) is 0 Å². The van der Waals surface area contributed by atoms with Crippen molar-refractivity contribution in [3.05, 3.63) is 22.8 Å². The van der Waals surface area contributed by atoms with Gasteiger partial charge in [-0.3, -0.25) is 0 Å². The number of hydrogen-bond acceptors (Lipinski definition) is 3. The minimum absolute atomic E-state index is 0.0177. The van der Waals surface area contributed by atoms with Crippen LogP contribution in [0.1, 0.15) is 5.56 Å².